The summed E-state index contributed by atoms with van der Waals surface area (Å²) < 4.78 is 37.5. The highest BCUT2D eigenvalue weighted by Gasteiger charge is 2.39. The van der Waals surface area contributed by atoms with E-state index in [0.29, 0.717) is 5.56 Å². The Morgan fingerprint density at radius 2 is 1.71 bits per heavy atom. The van der Waals surface area contributed by atoms with Crippen LogP contribution in [0.5, 0.6) is 5.75 Å². The number of hydrogen-bond acceptors (Lipinski definition) is 2. The second kappa shape index (κ2) is 4.22. The normalized spacial score (nSPS) is 14.8. The van der Waals surface area contributed by atoms with Crippen LogP contribution in [0.3, 0.4) is 0 Å². The van der Waals surface area contributed by atoms with Crippen LogP contribution in [-0.2, 0) is 5.41 Å². The highest BCUT2D eigenvalue weighted by Crippen LogP contribution is 2.37. The molecule has 1 aromatic carbocycles. The molecule has 0 aliphatic heterocycles. The maximum absolute atomic E-state index is 12.5. The van der Waals surface area contributed by atoms with Crippen molar-refractivity contribution in [3.63, 3.8) is 0 Å². The summed E-state index contributed by atoms with van der Waals surface area (Å²) in [6, 6.07) is 2.00. The Labute approximate surface area is 98.3 Å². The van der Waals surface area contributed by atoms with Crippen molar-refractivity contribution in [3.8, 4) is 5.75 Å². The first-order valence-electron chi connectivity index (χ1n) is 5.19. The molecule has 17 heavy (non-hydrogen) atoms. The maximum Gasteiger partial charge on any atom is 0.407 e. The van der Waals surface area contributed by atoms with E-state index in [9.17, 15) is 18.3 Å². The van der Waals surface area contributed by atoms with Crippen LogP contribution in [0.25, 0.3) is 0 Å². The van der Waals surface area contributed by atoms with Gasteiger partial charge in [-0.2, -0.15) is 13.2 Å². The SMILES string of the molecule is CC(C)(C)c1ccc(O)c([C@@H](N)C(F)(F)F)c1. The van der Waals surface area contributed by atoms with Crippen LogP contribution in [0.2, 0.25) is 0 Å². The number of aromatic hydroxyl groups is 1. The van der Waals surface area contributed by atoms with Gasteiger partial charge in [0.25, 0.3) is 0 Å². The highest BCUT2D eigenvalue weighted by molar-refractivity contribution is 5.41. The van der Waals surface area contributed by atoms with Gasteiger partial charge in [-0.15, -0.1) is 0 Å². The topological polar surface area (TPSA) is 46.2 Å². The fourth-order valence-electron chi connectivity index (χ4n) is 1.45. The molecule has 0 bridgehead atoms. The van der Waals surface area contributed by atoms with Gasteiger partial charge >= 0.3 is 6.18 Å². The van der Waals surface area contributed by atoms with Crippen molar-refractivity contribution >= 4 is 0 Å². The Morgan fingerprint density at radius 3 is 2.12 bits per heavy atom. The minimum absolute atomic E-state index is 0.287. The minimum atomic E-state index is -4.56. The van der Waals surface area contributed by atoms with Crippen LogP contribution < -0.4 is 5.73 Å². The lowest BCUT2D eigenvalue weighted by Crippen LogP contribution is -2.29. The van der Waals surface area contributed by atoms with Crippen molar-refractivity contribution in [1.29, 1.82) is 0 Å². The molecule has 1 atom stereocenters. The third kappa shape index (κ3) is 3.12. The summed E-state index contributed by atoms with van der Waals surface area (Å²) in [6.45, 7) is 5.63. The van der Waals surface area contributed by atoms with E-state index in [1.165, 1.54) is 12.1 Å². The van der Waals surface area contributed by atoms with Gasteiger partial charge in [-0.05, 0) is 23.1 Å². The molecule has 0 fully saturated rings. The molecule has 0 radical (unpaired) electrons. The third-order valence-corrected chi connectivity index (χ3v) is 2.58. The average molecular weight is 247 g/mol. The van der Waals surface area contributed by atoms with Gasteiger partial charge in [0.05, 0.1) is 0 Å². The Hall–Kier alpha value is -1.23. The van der Waals surface area contributed by atoms with E-state index in [2.05, 4.69) is 0 Å². The maximum atomic E-state index is 12.5. The first-order chi connectivity index (χ1) is 7.53. The van der Waals surface area contributed by atoms with Gasteiger partial charge in [0.1, 0.15) is 11.8 Å². The quantitative estimate of drug-likeness (QED) is 0.800. The molecule has 0 aliphatic rings. The molecule has 0 aromatic heterocycles. The summed E-state index contributed by atoms with van der Waals surface area (Å²) in [6.07, 6.45) is -4.56. The van der Waals surface area contributed by atoms with Crippen molar-refractivity contribution in [1.82, 2.24) is 0 Å². The highest BCUT2D eigenvalue weighted by atomic mass is 19.4. The molecule has 3 N–H and O–H groups in total. The molecule has 0 saturated carbocycles. The summed E-state index contributed by atoms with van der Waals surface area (Å²) in [5.41, 5.74) is 5.21. The van der Waals surface area contributed by atoms with Gasteiger partial charge in [0.15, 0.2) is 0 Å². The standard InChI is InChI=1S/C12H16F3NO/c1-11(2,3)7-4-5-9(17)8(6-7)10(16)12(13,14)15/h4-6,10,17H,16H2,1-3H3/t10-/m1/s1. The Morgan fingerprint density at radius 1 is 1.18 bits per heavy atom. The first-order valence-corrected chi connectivity index (χ1v) is 5.19. The van der Waals surface area contributed by atoms with Gasteiger partial charge in [-0.3, -0.25) is 0 Å². The number of benzene rings is 1. The molecule has 0 unspecified atom stereocenters. The fourth-order valence-corrected chi connectivity index (χ4v) is 1.45. The van der Waals surface area contributed by atoms with Crippen LogP contribution >= 0.6 is 0 Å². The number of phenols is 1. The third-order valence-electron chi connectivity index (χ3n) is 2.58. The Kier molecular flexibility index (Phi) is 3.43. The van der Waals surface area contributed by atoms with Crippen LogP contribution in [0.15, 0.2) is 18.2 Å². The molecule has 0 heterocycles. The van der Waals surface area contributed by atoms with Crippen molar-refractivity contribution in [2.24, 2.45) is 5.73 Å². The molecule has 96 valence electrons. The summed E-state index contributed by atoms with van der Waals surface area (Å²) in [7, 11) is 0. The number of halogens is 3. The summed E-state index contributed by atoms with van der Waals surface area (Å²) in [5, 5.41) is 9.45. The Bertz CT molecular complexity index is 407. The monoisotopic (exact) mass is 247 g/mol. The van der Waals surface area contributed by atoms with E-state index in [0.717, 1.165) is 0 Å². The lowest BCUT2D eigenvalue weighted by atomic mass is 9.85. The number of phenolic OH excluding ortho intramolecular Hbond substituents is 1. The van der Waals surface area contributed by atoms with Gasteiger partial charge < -0.3 is 10.8 Å². The molecule has 0 spiro atoms. The first kappa shape index (κ1) is 13.8. The Balaban J connectivity index is 3.25. The zero-order chi connectivity index (χ0) is 13.4. The van der Waals surface area contributed by atoms with Crippen LogP contribution in [-0.4, -0.2) is 11.3 Å². The van der Waals surface area contributed by atoms with E-state index in [-0.39, 0.29) is 11.0 Å². The van der Waals surface area contributed by atoms with E-state index in [1.807, 2.05) is 20.8 Å². The van der Waals surface area contributed by atoms with Crippen molar-refractivity contribution in [2.75, 3.05) is 0 Å². The zero-order valence-electron chi connectivity index (χ0n) is 9.97. The molecular formula is C12H16F3NO. The smallest absolute Gasteiger partial charge is 0.407 e. The number of rotatable bonds is 1. The van der Waals surface area contributed by atoms with E-state index in [1.54, 1.807) is 6.07 Å². The molecule has 1 aromatic rings. The van der Waals surface area contributed by atoms with Crippen molar-refractivity contribution in [2.45, 2.75) is 38.4 Å². The lowest BCUT2D eigenvalue weighted by molar-refractivity contribution is -0.149. The van der Waals surface area contributed by atoms with E-state index < -0.39 is 18.0 Å². The summed E-state index contributed by atoms with van der Waals surface area (Å²) in [5.74, 6) is -0.428. The van der Waals surface area contributed by atoms with Crippen molar-refractivity contribution < 1.29 is 18.3 Å². The average Bonchev–Trinajstić information content (AvgIpc) is 2.14. The van der Waals surface area contributed by atoms with Crippen LogP contribution in [0, 0.1) is 0 Å². The minimum Gasteiger partial charge on any atom is -0.508 e. The number of hydrogen-bond donors (Lipinski definition) is 2. The summed E-state index contributed by atoms with van der Waals surface area (Å²) in [4.78, 5) is 0. The predicted molar refractivity (Wildman–Crippen MR) is 59.8 cm³/mol. The molecule has 2 nitrogen and oxygen atoms in total. The van der Waals surface area contributed by atoms with Crippen LogP contribution in [0.1, 0.15) is 37.9 Å². The fraction of sp³-hybridized carbons (Fsp3) is 0.500. The lowest BCUT2D eigenvalue weighted by Gasteiger charge is -2.23. The van der Waals surface area contributed by atoms with Gasteiger partial charge in [0.2, 0.25) is 0 Å². The predicted octanol–water partition coefficient (Wildman–Crippen LogP) is 3.25. The van der Waals surface area contributed by atoms with Crippen molar-refractivity contribution in [3.05, 3.63) is 29.3 Å². The van der Waals surface area contributed by atoms with Gasteiger partial charge in [-0.1, -0.05) is 26.8 Å². The van der Waals surface area contributed by atoms with Gasteiger partial charge in [-0.25, -0.2) is 0 Å². The second-order valence-electron chi connectivity index (χ2n) is 5.04. The number of nitrogens with two attached hydrogens (primary N) is 1. The van der Waals surface area contributed by atoms with E-state index in [4.69, 9.17) is 5.73 Å². The summed E-state index contributed by atoms with van der Waals surface area (Å²) >= 11 is 0. The largest absolute Gasteiger partial charge is 0.508 e. The molecular weight excluding hydrogens is 231 g/mol. The molecule has 5 heteroatoms. The molecule has 0 saturated heterocycles. The van der Waals surface area contributed by atoms with E-state index >= 15 is 0 Å². The second-order valence-corrected chi connectivity index (χ2v) is 5.04. The zero-order valence-corrected chi connectivity index (χ0v) is 9.97. The van der Waals surface area contributed by atoms with Gasteiger partial charge in [0, 0.05) is 5.56 Å². The molecule has 0 aliphatic carbocycles. The number of alkyl halides is 3. The molecule has 0 amide bonds. The molecule has 1 rings (SSSR count). The van der Waals surface area contributed by atoms with Crippen LogP contribution in [0.4, 0.5) is 13.2 Å².